The molecular formula is C48H86O17. The Bertz CT molecular complexity index is 1110. The lowest BCUT2D eigenvalue weighted by molar-refractivity contribution is -0.0762. The van der Waals surface area contributed by atoms with E-state index in [0.29, 0.717) is 95.1 Å². The van der Waals surface area contributed by atoms with E-state index in [1.54, 1.807) is 0 Å². The molecule has 9 aliphatic rings. The average Bonchev–Trinajstić information content (AvgIpc) is 4.10. The molecule has 0 N–H and O–H groups in total. The van der Waals surface area contributed by atoms with Crippen molar-refractivity contribution in [2.24, 2.45) is 16.7 Å². The quantitative estimate of drug-likeness (QED) is 0.0635. The smallest absolute Gasteiger partial charge is 0.104 e. The third-order valence-corrected chi connectivity index (χ3v) is 11.6. The normalized spacial score (nSPS) is 29.7. The molecule has 17 heteroatoms. The van der Waals surface area contributed by atoms with E-state index >= 15 is 0 Å². The minimum atomic E-state index is -0.0985. The summed E-state index contributed by atoms with van der Waals surface area (Å²) >= 11 is 0. The molecule has 9 unspecified atom stereocenters. The van der Waals surface area contributed by atoms with E-state index in [1.165, 1.54) is 25.7 Å². The van der Waals surface area contributed by atoms with Crippen LogP contribution in [0, 0.1) is 16.7 Å². The highest BCUT2D eigenvalue weighted by atomic mass is 16.6. The molecule has 9 fully saturated rings. The number of unbranched alkanes of at least 4 members (excludes halogenated alkanes) is 3. The van der Waals surface area contributed by atoms with Crippen molar-refractivity contribution in [1.29, 1.82) is 0 Å². The van der Waals surface area contributed by atoms with Crippen LogP contribution in [0.1, 0.15) is 72.6 Å². The molecule has 380 valence electrons. The number of hydrogen-bond acceptors (Lipinski definition) is 17. The Morgan fingerprint density at radius 1 is 0.415 bits per heavy atom. The van der Waals surface area contributed by atoms with Gasteiger partial charge < -0.3 is 80.5 Å². The van der Waals surface area contributed by atoms with Gasteiger partial charge in [-0.05, 0) is 44.9 Å². The Hall–Kier alpha value is -0.680. The first-order valence-corrected chi connectivity index (χ1v) is 24.9. The Morgan fingerprint density at radius 3 is 1.03 bits per heavy atom. The van der Waals surface area contributed by atoms with E-state index in [9.17, 15) is 0 Å². The van der Waals surface area contributed by atoms with E-state index in [2.05, 4.69) is 27.7 Å². The highest BCUT2D eigenvalue weighted by molar-refractivity contribution is 4.81. The summed E-state index contributed by atoms with van der Waals surface area (Å²) in [7, 11) is 0. The molecule has 17 nitrogen and oxygen atoms in total. The van der Waals surface area contributed by atoms with E-state index in [0.717, 1.165) is 144 Å². The SMILES string of the molecule is C(CCCOCC1CO1)CCOCC1CO1.CC(C)(COCC1CO1)COCC1CO1.CC(COCC1CO1)OCC1CC1.CCC(COCC1CO1)(COCC1CO1)COCC1CO1. The van der Waals surface area contributed by atoms with Gasteiger partial charge in [0.15, 0.2) is 0 Å². The van der Waals surface area contributed by atoms with Crippen molar-refractivity contribution in [1.82, 2.24) is 0 Å². The molecule has 8 aliphatic heterocycles. The Labute approximate surface area is 389 Å². The maximum atomic E-state index is 5.81. The molecule has 8 saturated heterocycles. The van der Waals surface area contributed by atoms with Gasteiger partial charge in [0.1, 0.15) is 48.8 Å². The standard InChI is InChI=1S/C15H26O6.C12H22O4.C11H20O4.C10H18O3/c1-2-15(9-16-3-12-6-19-12,10-17-4-13-7-20-13)11-18-5-14-8-21-14;1(3-5-13-7-11-9-15-11)2-4-6-14-8-12-10-16-12;1-11(2,7-12-3-9-5-14-9)8-13-4-10-6-15-10;1-8(12-5-9-2-3-9)4-11-6-10-7-13-10/h12-14H,2-11H2,1H3;11-12H,1-10H2;9-10H,3-8H2,1-2H3;8-10H,2-7H2,1H3. The highest BCUT2D eigenvalue weighted by Gasteiger charge is 2.35. The van der Waals surface area contributed by atoms with Crippen molar-refractivity contribution >= 4 is 0 Å². The second-order valence-corrected chi connectivity index (χ2v) is 19.9. The Balaban J connectivity index is 0.000000146. The van der Waals surface area contributed by atoms with E-state index < -0.39 is 0 Å². The summed E-state index contributed by atoms with van der Waals surface area (Å²) in [5.41, 5.74) is -0.0253. The summed E-state index contributed by atoms with van der Waals surface area (Å²) in [6, 6.07) is 0. The van der Waals surface area contributed by atoms with Crippen LogP contribution in [0.25, 0.3) is 0 Å². The molecule has 0 aromatic heterocycles. The molecule has 0 aromatic rings. The molecule has 0 amide bonds. The van der Waals surface area contributed by atoms with Crippen molar-refractivity contribution in [3.8, 4) is 0 Å². The van der Waals surface area contributed by atoms with Crippen LogP contribution in [0.3, 0.4) is 0 Å². The fourth-order valence-electron chi connectivity index (χ4n) is 6.13. The first kappa shape index (κ1) is 53.7. The number of ether oxygens (including phenoxy) is 17. The third-order valence-electron chi connectivity index (χ3n) is 11.6. The molecule has 0 aromatic carbocycles. The number of hydrogen-bond donors (Lipinski definition) is 0. The van der Waals surface area contributed by atoms with Gasteiger partial charge in [-0.3, -0.25) is 0 Å². The third kappa shape index (κ3) is 30.5. The van der Waals surface area contributed by atoms with E-state index in [4.69, 9.17) is 80.5 Å². The first-order valence-electron chi connectivity index (χ1n) is 24.9. The molecule has 0 bridgehead atoms. The second kappa shape index (κ2) is 30.1. The molecule has 65 heavy (non-hydrogen) atoms. The molecule has 9 atom stereocenters. The monoisotopic (exact) mass is 935 g/mol. The van der Waals surface area contributed by atoms with Crippen LogP contribution in [0.5, 0.6) is 0 Å². The van der Waals surface area contributed by atoms with Gasteiger partial charge in [-0.25, -0.2) is 0 Å². The zero-order chi connectivity index (χ0) is 45.4. The summed E-state index contributed by atoms with van der Waals surface area (Å²) < 4.78 is 91.3. The zero-order valence-electron chi connectivity index (χ0n) is 40.3. The van der Waals surface area contributed by atoms with Crippen LogP contribution in [-0.4, -0.2) is 220 Å². The average molecular weight is 935 g/mol. The molecule has 1 saturated carbocycles. The predicted molar refractivity (Wildman–Crippen MR) is 238 cm³/mol. The van der Waals surface area contributed by atoms with E-state index in [1.807, 2.05) is 0 Å². The molecular weight excluding hydrogens is 849 g/mol. The molecule has 8 heterocycles. The number of epoxide rings is 8. The van der Waals surface area contributed by atoms with Crippen molar-refractivity contribution in [2.75, 3.05) is 165 Å². The zero-order valence-corrected chi connectivity index (χ0v) is 40.3. The van der Waals surface area contributed by atoms with Gasteiger partial charge in [-0.1, -0.05) is 33.6 Å². The summed E-state index contributed by atoms with van der Waals surface area (Å²) in [6.45, 7) is 27.8. The van der Waals surface area contributed by atoms with E-state index in [-0.39, 0.29) is 16.9 Å². The minimum Gasteiger partial charge on any atom is -0.379 e. The maximum absolute atomic E-state index is 5.81. The first-order chi connectivity index (χ1) is 31.7. The van der Waals surface area contributed by atoms with Crippen molar-refractivity contribution in [3.05, 3.63) is 0 Å². The Kier molecular flexibility index (Phi) is 24.9. The van der Waals surface area contributed by atoms with Crippen LogP contribution in [0.4, 0.5) is 0 Å². The van der Waals surface area contributed by atoms with Gasteiger partial charge in [0, 0.05) is 30.7 Å². The minimum absolute atomic E-state index is 0.0732. The summed E-state index contributed by atoms with van der Waals surface area (Å²) in [4.78, 5) is 0. The maximum Gasteiger partial charge on any atom is 0.104 e. The molecule has 9 rings (SSSR count). The molecule has 0 spiro atoms. The van der Waals surface area contributed by atoms with Gasteiger partial charge in [-0.15, -0.1) is 0 Å². The predicted octanol–water partition coefficient (Wildman–Crippen LogP) is 4.07. The van der Waals surface area contributed by atoms with Crippen LogP contribution in [-0.2, 0) is 80.5 Å². The van der Waals surface area contributed by atoms with Crippen LogP contribution >= 0.6 is 0 Å². The second-order valence-electron chi connectivity index (χ2n) is 19.9. The largest absolute Gasteiger partial charge is 0.379 e. The highest BCUT2D eigenvalue weighted by Crippen LogP contribution is 2.29. The van der Waals surface area contributed by atoms with Crippen molar-refractivity contribution in [3.63, 3.8) is 0 Å². The summed E-state index contributed by atoms with van der Waals surface area (Å²) in [6.07, 6.45) is 11.4. The Morgan fingerprint density at radius 2 is 0.723 bits per heavy atom. The molecule has 1 aliphatic carbocycles. The van der Waals surface area contributed by atoms with Gasteiger partial charge >= 0.3 is 0 Å². The molecule has 0 radical (unpaired) electrons. The lowest BCUT2D eigenvalue weighted by atomic mass is 9.88. The fraction of sp³-hybridized carbons (Fsp3) is 1.00. The van der Waals surface area contributed by atoms with Gasteiger partial charge in [-0.2, -0.15) is 0 Å². The van der Waals surface area contributed by atoms with Crippen LogP contribution in [0.15, 0.2) is 0 Å². The fourth-order valence-corrected chi connectivity index (χ4v) is 6.13. The van der Waals surface area contributed by atoms with Gasteiger partial charge in [0.25, 0.3) is 0 Å². The van der Waals surface area contributed by atoms with Crippen molar-refractivity contribution < 1.29 is 80.5 Å². The summed E-state index contributed by atoms with van der Waals surface area (Å²) in [5.74, 6) is 0.842. The van der Waals surface area contributed by atoms with Gasteiger partial charge in [0.2, 0.25) is 0 Å². The van der Waals surface area contributed by atoms with Crippen molar-refractivity contribution in [2.45, 2.75) is 128 Å². The topological polar surface area (TPSA) is 183 Å². The lowest BCUT2D eigenvalue weighted by Crippen LogP contribution is -2.38. The number of rotatable bonds is 39. The lowest BCUT2D eigenvalue weighted by Gasteiger charge is -2.32. The summed E-state index contributed by atoms with van der Waals surface area (Å²) in [5, 5.41) is 0. The van der Waals surface area contributed by atoms with Gasteiger partial charge in [0.05, 0.1) is 151 Å². The van der Waals surface area contributed by atoms with Crippen LogP contribution in [0.2, 0.25) is 0 Å². The van der Waals surface area contributed by atoms with Crippen LogP contribution < -0.4 is 0 Å².